The third-order valence-corrected chi connectivity index (χ3v) is 2.77. The maximum absolute atomic E-state index is 13.2. The molecule has 3 N–H and O–H groups in total. The molecule has 4 nitrogen and oxygen atoms in total. The van der Waals surface area contributed by atoms with E-state index in [2.05, 4.69) is 9.72 Å². The van der Waals surface area contributed by atoms with Crippen molar-refractivity contribution in [2.24, 2.45) is 5.73 Å². The van der Waals surface area contributed by atoms with Crippen molar-refractivity contribution in [2.75, 3.05) is 13.7 Å². The smallest absolute Gasteiger partial charge is 0.314 e. The van der Waals surface area contributed by atoms with E-state index in [1.54, 1.807) is 12.3 Å². The summed E-state index contributed by atoms with van der Waals surface area (Å²) in [6.45, 7) is 0.121. The molecular formula is C12H13FN2O2. The lowest BCUT2D eigenvalue weighted by Crippen LogP contribution is -2.22. The Hall–Kier alpha value is -1.88. The predicted molar refractivity (Wildman–Crippen MR) is 62.1 cm³/mol. The van der Waals surface area contributed by atoms with Crippen LogP contribution >= 0.6 is 0 Å². The van der Waals surface area contributed by atoms with Gasteiger partial charge in [-0.15, -0.1) is 0 Å². The number of fused-ring (bicyclic) bond motifs is 1. The van der Waals surface area contributed by atoms with Gasteiger partial charge in [-0.05, 0) is 23.8 Å². The van der Waals surface area contributed by atoms with Crippen LogP contribution in [-0.2, 0) is 9.53 Å². The van der Waals surface area contributed by atoms with Gasteiger partial charge in [0.25, 0.3) is 0 Å². The summed E-state index contributed by atoms with van der Waals surface area (Å²) in [6, 6.07) is 4.37. The van der Waals surface area contributed by atoms with Gasteiger partial charge in [0.05, 0.1) is 13.0 Å². The third-order valence-electron chi connectivity index (χ3n) is 2.77. The van der Waals surface area contributed by atoms with E-state index in [0.717, 1.165) is 5.52 Å². The van der Waals surface area contributed by atoms with Crippen molar-refractivity contribution < 1.29 is 13.9 Å². The molecule has 1 heterocycles. The number of hydrogen-bond donors (Lipinski definition) is 2. The molecule has 2 rings (SSSR count). The van der Waals surface area contributed by atoms with E-state index in [4.69, 9.17) is 5.73 Å². The van der Waals surface area contributed by atoms with E-state index in [1.807, 2.05) is 0 Å². The van der Waals surface area contributed by atoms with Crippen LogP contribution in [0.2, 0.25) is 0 Å². The number of hydrogen-bond acceptors (Lipinski definition) is 3. The molecule has 0 aliphatic carbocycles. The summed E-state index contributed by atoms with van der Waals surface area (Å²) in [4.78, 5) is 14.5. The van der Waals surface area contributed by atoms with E-state index in [-0.39, 0.29) is 12.4 Å². The molecule has 0 fully saturated rings. The molecule has 0 radical (unpaired) electrons. The fourth-order valence-electron chi connectivity index (χ4n) is 1.90. The maximum Gasteiger partial charge on any atom is 0.314 e. The van der Waals surface area contributed by atoms with Crippen LogP contribution in [-0.4, -0.2) is 24.6 Å². The monoisotopic (exact) mass is 236 g/mol. The second-order valence-electron chi connectivity index (χ2n) is 3.75. The van der Waals surface area contributed by atoms with Gasteiger partial charge in [0.2, 0.25) is 0 Å². The van der Waals surface area contributed by atoms with Crippen molar-refractivity contribution >= 4 is 16.9 Å². The minimum atomic E-state index is -0.574. The standard InChI is InChI=1S/C12H13FN2O2/c1-17-12(16)9(5-14)10-6-15-11-3-2-7(13)4-8(10)11/h2-4,6,9,15H,5,14H2,1H3. The third kappa shape index (κ3) is 2.01. The van der Waals surface area contributed by atoms with Crippen LogP contribution in [0.25, 0.3) is 10.9 Å². The van der Waals surface area contributed by atoms with Gasteiger partial charge in [0, 0.05) is 23.6 Å². The number of aromatic nitrogens is 1. The molecule has 90 valence electrons. The topological polar surface area (TPSA) is 68.1 Å². The molecule has 0 aliphatic heterocycles. The number of nitrogens with one attached hydrogen (secondary N) is 1. The molecular weight excluding hydrogens is 223 g/mol. The molecule has 1 aromatic carbocycles. The minimum Gasteiger partial charge on any atom is -0.469 e. The number of aromatic amines is 1. The SMILES string of the molecule is COC(=O)C(CN)c1c[nH]c2ccc(F)cc12. The highest BCUT2D eigenvalue weighted by Crippen LogP contribution is 2.26. The van der Waals surface area contributed by atoms with Gasteiger partial charge in [-0.3, -0.25) is 4.79 Å². The van der Waals surface area contributed by atoms with Crippen LogP contribution in [0.1, 0.15) is 11.5 Å². The van der Waals surface area contributed by atoms with Crippen molar-refractivity contribution in [1.29, 1.82) is 0 Å². The normalized spacial score (nSPS) is 12.6. The van der Waals surface area contributed by atoms with Crippen molar-refractivity contribution in [1.82, 2.24) is 4.98 Å². The average molecular weight is 236 g/mol. The van der Waals surface area contributed by atoms with Gasteiger partial charge in [0.15, 0.2) is 0 Å². The molecule has 0 spiro atoms. The molecule has 0 saturated heterocycles. The van der Waals surface area contributed by atoms with Crippen LogP contribution in [0.3, 0.4) is 0 Å². The Morgan fingerprint density at radius 1 is 1.59 bits per heavy atom. The molecule has 0 amide bonds. The molecule has 1 atom stereocenters. The summed E-state index contributed by atoms with van der Waals surface area (Å²) < 4.78 is 17.9. The largest absolute Gasteiger partial charge is 0.469 e. The highest BCUT2D eigenvalue weighted by Gasteiger charge is 2.22. The van der Waals surface area contributed by atoms with Crippen LogP contribution in [0.4, 0.5) is 4.39 Å². The molecule has 1 unspecified atom stereocenters. The summed E-state index contributed by atoms with van der Waals surface area (Å²) in [6.07, 6.45) is 1.67. The van der Waals surface area contributed by atoms with Crippen molar-refractivity contribution in [2.45, 2.75) is 5.92 Å². The highest BCUT2D eigenvalue weighted by molar-refractivity contribution is 5.90. The van der Waals surface area contributed by atoms with Crippen molar-refractivity contribution in [3.8, 4) is 0 Å². The fraction of sp³-hybridized carbons (Fsp3) is 0.250. The summed E-state index contributed by atoms with van der Waals surface area (Å²) >= 11 is 0. The second kappa shape index (κ2) is 4.55. The zero-order valence-corrected chi connectivity index (χ0v) is 9.37. The van der Waals surface area contributed by atoms with Gasteiger partial charge in [0.1, 0.15) is 5.82 Å². The van der Waals surface area contributed by atoms with Crippen LogP contribution in [0, 0.1) is 5.82 Å². The minimum absolute atomic E-state index is 0.121. The molecule has 17 heavy (non-hydrogen) atoms. The summed E-state index contributed by atoms with van der Waals surface area (Å²) in [5.74, 6) is -1.34. The Bertz CT molecular complexity index is 550. The number of carbonyl (C=O) groups is 1. The number of ether oxygens (including phenoxy) is 1. The first-order valence-electron chi connectivity index (χ1n) is 5.21. The van der Waals surface area contributed by atoms with Crippen LogP contribution < -0.4 is 5.73 Å². The number of benzene rings is 1. The van der Waals surface area contributed by atoms with Gasteiger partial charge in [-0.2, -0.15) is 0 Å². The zero-order chi connectivity index (χ0) is 12.4. The Labute approximate surface area is 97.6 Å². The lowest BCUT2D eigenvalue weighted by molar-refractivity contribution is -0.142. The second-order valence-corrected chi connectivity index (χ2v) is 3.75. The van der Waals surface area contributed by atoms with E-state index < -0.39 is 11.9 Å². The Kier molecular flexibility index (Phi) is 3.10. The summed E-state index contributed by atoms with van der Waals surface area (Å²) in [7, 11) is 1.31. The fourth-order valence-corrected chi connectivity index (χ4v) is 1.90. The lowest BCUT2D eigenvalue weighted by atomic mass is 9.99. The number of halogens is 1. The quantitative estimate of drug-likeness (QED) is 0.794. The molecule has 5 heteroatoms. The number of nitrogens with two attached hydrogens (primary N) is 1. The Balaban J connectivity index is 2.53. The molecule has 0 saturated carbocycles. The van der Waals surface area contributed by atoms with Gasteiger partial charge >= 0.3 is 5.97 Å². The Morgan fingerprint density at radius 2 is 2.35 bits per heavy atom. The van der Waals surface area contributed by atoms with Crippen molar-refractivity contribution in [3.63, 3.8) is 0 Å². The number of carbonyl (C=O) groups excluding carboxylic acids is 1. The van der Waals surface area contributed by atoms with Gasteiger partial charge < -0.3 is 15.5 Å². The van der Waals surface area contributed by atoms with Crippen LogP contribution in [0.5, 0.6) is 0 Å². The van der Waals surface area contributed by atoms with E-state index >= 15 is 0 Å². The predicted octanol–water partition coefficient (Wildman–Crippen LogP) is 1.52. The number of esters is 1. The first kappa shape index (κ1) is 11.6. The molecule has 0 aliphatic rings. The summed E-state index contributed by atoms with van der Waals surface area (Å²) in [5, 5.41) is 0.658. The number of H-pyrrole nitrogens is 1. The zero-order valence-electron chi connectivity index (χ0n) is 9.37. The van der Waals surface area contributed by atoms with Gasteiger partial charge in [-0.1, -0.05) is 0 Å². The maximum atomic E-state index is 13.2. The van der Waals surface area contributed by atoms with E-state index in [1.165, 1.54) is 19.2 Å². The molecule has 1 aromatic heterocycles. The number of methoxy groups -OCH3 is 1. The average Bonchev–Trinajstić information content (AvgIpc) is 2.73. The summed E-state index contributed by atoms with van der Waals surface area (Å²) in [5.41, 5.74) is 6.99. The Morgan fingerprint density at radius 3 is 3.00 bits per heavy atom. The highest BCUT2D eigenvalue weighted by atomic mass is 19.1. The molecule has 2 aromatic rings. The first-order valence-corrected chi connectivity index (χ1v) is 5.21. The molecule has 0 bridgehead atoms. The van der Waals surface area contributed by atoms with E-state index in [0.29, 0.717) is 10.9 Å². The van der Waals surface area contributed by atoms with Crippen molar-refractivity contribution in [3.05, 3.63) is 35.8 Å². The van der Waals surface area contributed by atoms with E-state index in [9.17, 15) is 9.18 Å². The lowest BCUT2D eigenvalue weighted by Gasteiger charge is -2.11. The number of rotatable bonds is 3. The first-order chi connectivity index (χ1) is 8.17. The van der Waals surface area contributed by atoms with Gasteiger partial charge in [-0.25, -0.2) is 4.39 Å². The van der Waals surface area contributed by atoms with Crippen LogP contribution in [0.15, 0.2) is 24.4 Å².